The number of unbranched alkanes of at least 4 members (excludes halogenated alkanes) is 2. The molecule has 162 valence electrons. The third kappa shape index (κ3) is 4.65. The van der Waals surface area contributed by atoms with Gasteiger partial charge in [-0.3, -0.25) is 14.6 Å². The van der Waals surface area contributed by atoms with Crippen molar-refractivity contribution in [2.24, 2.45) is 16.3 Å². The van der Waals surface area contributed by atoms with E-state index in [0.29, 0.717) is 46.3 Å². The summed E-state index contributed by atoms with van der Waals surface area (Å²) in [5, 5.41) is 0.766. The molecule has 0 saturated carbocycles. The summed E-state index contributed by atoms with van der Waals surface area (Å²) in [7, 11) is 0. The molecule has 0 amide bonds. The van der Waals surface area contributed by atoms with E-state index in [0.717, 1.165) is 25.0 Å². The molecule has 0 spiro atoms. The van der Waals surface area contributed by atoms with Gasteiger partial charge in [-0.2, -0.15) is 0 Å². The fraction of sp³-hybridized carbons (Fsp3) is 0.542. The highest BCUT2D eigenvalue weighted by molar-refractivity contribution is 6.42. The van der Waals surface area contributed by atoms with E-state index < -0.39 is 11.8 Å². The van der Waals surface area contributed by atoms with Gasteiger partial charge in [0.25, 0.3) is 0 Å². The van der Waals surface area contributed by atoms with Crippen LogP contribution in [0.25, 0.3) is 0 Å². The Kier molecular flexibility index (Phi) is 7.09. The molecule has 1 heterocycles. The van der Waals surface area contributed by atoms with Gasteiger partial charge >= 0.3 is 5.97 Å². The van der Waals surface area contributed by atoms with Crippen molar-refractivity contribution >= 4 is 40.7 Å². The molecule has 1 aliphatic carbocycles. The molecule has 0 radical (unpaired) electrons. The van der Waals surface area contributed by atoms with Gasteiger partial charge in [0.2, 0.25) is 0 Å². The average molecular weight is 450 g/mol. The van der Waals surface area contributed by atoms with Gasteiger partial charge in [0.15, 0.2) is 5.78 Å². The van der Waals surface area contributed by atoms with Gasteiger partial charge in [0, 0.05) is 29.3 Å². The average Bonchev–Trinajstić information content (AvgIpc) is 2.65. The quantitative estimate of drug-likeness (QED) is 0.365. The number of rotatable bonds is 6. The van der Waals surface area contributed by atoms with Crippen LogP contribution < -0.4 is 0 Å². The molecule has 0 N–H and O–H groups in total. The fourth-order valence-corrected chi connectivity index (χ4v) is 4.89. The second-order valence-corrected chi connectivity index (χ2v) is 9.81. The lowest BCUT2D eigenvalue weighted by Gasteiger charge is -2.39. The summed E-state index contributed by atoms with van der Waals surface area (Å²) in [4.78, 5) is 31.1. The van der Waals surface area contributed by atoms with Crippen molar-refractivity contribution in [3.05, 3.63) is 45.1 Å². The Morgan fingerprint density at radius 3 is 2.67 bits per heavy atom. The highest BCUT2D eigenvalue weighted by Crippen LogP contribution is 2.49. The minimum absolute atomic E-state index is 0.0160. The van der Waals surface area contributed by atoms with Crippen molar-refractivity contribution in [2.45, 2.75) is 65.7 Å². The number of hydrogen-bond donors (Lipinski definition) is 0. The van der Waals surface area contributed by atoms with Gasteiger partial charge in [-0.15, -0.1) is 0 Å². The van der Waals surface area contributed by atoms with Crippen molar-refractivity contribution in [3.8, 4) is 0 Å². The zero-order valence-corrected chi connectivity index (χ0v) is 19.6. The van der Waals surface area contributed by atoms with Crippen LogP contribution in [-0.4, -0.2) is 24.1 Å². The molecule has 4 nitrogen and oxygen atoms in total. The van der Waals surface area contributed by atoms with Gasteiger partial charge in [-0.05, 0) is 36.8 Å². The monoisotopic (exact) mass is 449 g/mol. The number of allylic oxidation sites excluding steroid dienone is 2. The number of benzene rings is 1. The van der Waals surface area contributed by atoms with Gasteiger partial charge in [0.05, 0.1) is 16.7 Å². The minimum Gasteiger partial charge on any atom is -0.465 e. The third-order valence-corrected chi connectivity index (χ3v) is 6.70. The van der Waals surface area contributed by atoms with E-state index in [1.165, 1.54) is 0 Å². The molecule has 0 fully saturated rings. The maximum absolute atomic E-state index is 13.2. The number of hydrogen-bond acceptors (Lipinski definition) is 4. The van der Waals surface area contributed by atoms with Crippen molar-refractivity contribution in [3.63, 3.8) is 0 Å². The number of carbonyl (C=O) groups is 2. The van der Waals surface area contributed by atoms with Crippen molar-refractivity contribution in [1.29, 1.82) is 0 Å². The Labute approximate surface area is 188 Å². The SMILES string of the molecule is CCCCCOC(=O)C1C(C)=NC2=C(C(=O)CC(C)(C)C2)[C@@H]1c1cccc(Cl)c1Cl. The van der Waals surface area contributed by atoms with Crippen LogP contribution in [0.2, 0.25) is 10.0 Å². The molecule has 3 rings (SSSR count). The number of Topliss-reactive ketones (excluding diaryl/α,β-unsaturated/α-hetero) is 1. The Balaban J connectivity index is 2.07. The molecule has 1 unspecified atom stereocenters. The smallest absolute Gasteiger partial charge is 0.315 e. The maximum atomic E-state index is 13.2. The van der Waals surface area contributed by atoms with E-state index in [1.54, 1.807) is 12.1 Å². The molecule has 0 saturated heterocycles. The molecule has 1 aliphatic heterocycles. The number of halogens is 2. The van der Waals surface area contributed by atoms with Gasteiger partial charge in [0.1, 0.15) is 5.92 Å². The van der Waals surface area contributed by atoms with E-state index in [4.69, 9.17) is 32.9 Å². The lowest BCUT2D eigenvalue weighted by atomic mass is 9.67. The molecule has 0 bridgehead atoms. The Bertz CT molecular complexity index is 917. The lowest BCUT2D eigenvalue weighted by molar-refractivity contribution is -0.146. The molecular weight excluding hydrogens is 421 g/mol. The number of carbonyl (C=O) groups excluding carboxylic acids is 2. The highest BCUT2D eigenvalue weighted by atomic mass is 35.5. The van der Waals surface area contributed by atoms with Gasteiger partial charge < -0.3 is 4.74 Å². The molecule has 1 aromatic rings. The van der Waals surface area contributed by atoms with Crippen LogP contribution in [0.4, 0.5) is 0 Å². The van der Waals surface area contributed by atoms with Crippen LogP contribution in [0.3, 0.4) is 0 Å². The first-order valence-corrected chi connectivity index (χ1v) is 11.3. The summed E-state index contributed by atoms with van der Waals surface area (Å²) in [6, 6.07) is 5.34. The molecule has 0 aromatic heterocycles. The zero-order valence-electron chi connectivity index (χ0n) is 18.1. The first-order valence-electron chi connectivity index (χ1n) is 10.6. The van der Waals surface area contributed by atoms with E-state index in [9.17, 15) is 9.59 Å². The van der Waals surface area contributed by atoms with Crippen molar-refractivity contribution < 1.29 is 14.3 Å². The molecule has 2 atom stereocenters. The highest BCUT2D eigenvalue weighted by Gasteiger charge is 2.46. The first kappa shape index (κ1) is 23.0. The minimum atomic E-state index is -0.688. The van der Waals surface area contributed by atoms with Gasteiger partial charge in [-0.1, -0.05) is 68.9 Å². The molecular formula is C24H29Cl2NO3. The second-order valence-electron chi connectivity index (χ2n) is 9.03. The maximum Gasteiger partial charge on any atom is 0.315 e. The summed E-state index contributed by atoms with van der Waals surface area (Å²) in [5.74, 6) is -1.57. The van der Waals surface area contributed by atoms with Crippen LogP contribution in [-0.2, 0) is 14.3 Å². The normalized spacial score (nSPS) is 23.1. The third-order valence-electron chi connectivity index (χ3n) is 5.86. The van der Waals surface area contributed by atoms with Crippen LogP contribution >= 0.6 is 23.2 Å². The van der Waals surface area contributed by atoms with E-state index in [1.807, 2.05) is 13.0 Å². The van der Waals surface area contributed by atoms with Crippen molar-refractivity contribution in [2.75, 3.05) is 6.61 Å². The second kappa shape index (κ2) is 9.23. The van der Waals surface area contributed by atoms with E-state index in [-0.39, 0.29) is 17.2 Å². The standard InChI is InChI=1S/C24H29Cl2NO3/c1-5-6-7-11-30-23(29)19-14(2)27-17-12-24(3,4)13-18(28)21(17)20(19)15-9-8-10-16(25)22(15)26/h8-10,19-20H,5-7,11-13H2,1-4H3/t19?,20-/m1/s1. The topological polar surface area (TPSA) is 55.7 Å². The van der Waals surface area contributed by atoms with Crippen LogP contribution in [0.15, 0.2) is 34.5 Å². The fourth-order valence-electron chi connectivity index (χ4n) is 4.46. The largest absolute Gasteiger partial charge is 0.465 e. The first-order chi connectivity index (χ1) is 14.2. The number of ether oxygens (including phenoxy) is 1. The van der Waals surface area contributed by atoms with Gasteiger partial charge in [-0.25, -0.2) is 0 Å². The zero-order chi connectivity index (χ0) is 22.1. The predicted octanol–water partition coefficient (Wildman–Crippen LogP) is 6.54. The summed E-state index contributed by atoms with van der Waals surface area (Å²) in [5.41, 5.74) is 2.50. The number of esters is 1. The Morgan fingerprint density at radius 1 is 1.23 bits per heavy atom. The van der Waals surface area contributed by atoms with Crippen molar-refractivity contribution in [1.82, 2.24) is 0 Å². The van der Waals surface area contributed by atoms with E-state index in [2.05, 4.69) is 20.8 Å². The van der Waals surface area contributed by atoms with E-state index >= 15 is 0 Å². The Morgan fingerprint density at radius 2 is 1.97 bits per heavy atom. The molecule has 30 heavy (non-hydrogen) atoms. The summed E-state index contributed by atoms with van der Waals surface area (Å²) in [6.45, 7) is 8.42. The predicted molar refractivity (Wildman–Crippen MR) is 121 cm³/mol. The summed E-state index contributed by atoms with van der Waals surface area (Å²) >= 11 is 12.9. The summed E-state index contributed by atoms with van der Waals surface area (Å²) in [6.07, 6.45) is 3.95. The molecule has 2 aliphatic rings. The number of nitrogens with zero attached hydrogens (tertiary/aromatic N) is 1. The summed E-state index contributed by atoms with van der Waals surface area (Å²) < 4.78 is 5.60. The van der Waals surface area contributed by atoms with Crippen LogP contribution in [0.1, 0.15) is 71.3 Å². The Hall–Kier alpha value is -1.65. The van der Waals surface area contributed by atoms with Crippen LogP contribution in [0, 0.1) is 11.3 Å². The van der Waals surface area contributed by atoms with Crippen LogP contribution in [0.5, 0.6) is 0 Å². The number of aliphatic imine (C=N–C) groups is 1. The molecule has 1 aromatic carbocycles. The lowest BCUT2D eigenvalue weighted by Crippen LogP contribution is -2.39. The molecule has 6 heteroatoms. The number of ketones is 1.